The lowest BCUT2D eigenvalue weighted by Gasteiger charge is -2.23. The van der Waals surface area contributed by atoms with E-state index in [1.807, 2.05) is 53.2 Å². The van der Waals surface area contributed by atoms with Crippen molar-refractivity contribution in [3.8, 4) is 9.88 Å². The summed E-state index contributed by atoms with van der Waals surface area (Å²) in [5.41, 5.74) is 2.77. The molecule has 1 aliphatic carbocycles. The molecule has 0 radical (unpaired) electrons. The van der Waals surface area contributed by atoms with E-state index in [0.717, 1.165) is 33.9 Å². The number of carbonyl (C=O) groups excluding carboxylic acids is 2. The number of benzene rings is 2. The van der Waals surface area contributed by atoms with Crippen molar-refractivity contribution in [3.05, 3.63) is 94.3 Å². The molecule has 0 saturated heterocycles. The molecule has 2 aromatic carbocycles. The molecule has 2 amide bonds. The largest absolute Gasteiger partial charge is 0.453 e. The number of anilines is 1. The zero-order valence-corrected chi connectivity index (χ0v) is 25.1. The summed E-state index contributed by atoms with van der Waals surface area (Å²) in [5, 5.41) is 10.5. The third-order valence-electron chi connectivity index (χ3n) is 6.43. The smallest absolute Gasteiger partial charge is 0.407 e. The minimum Gasteiger partial charge on any atom is -0.453 e. The highest BCUT2D eigenvalue weighted by Gasteiger charge is 2.29. The van der Waals surface area contributed by atoms with Crippen molar-refractivity contribution in [2.45, 2.75) is 43.9 Å². The first-order chi connectivity index (χ1) is 20.3. The summed E-state index contributed by atoms with van der Waals surface area (Å²) in [6.07, 6.45) is 1.16. The standard InChI is InChI=1S/C29H30N4O6S3/c1-38-29(35)32-24(17-19-6-3-2-4-7-19)27(34)30-23(25-18-41-28(31-25)26-8-5-15-40-26)16-20-9-11-21(12-10-20)33-42(36,37)39-22-13-14-22/h2-12,15,18,22-24,33H,13-14,16-17H2,1H3,(H,30,34)(H,32,35)/t23?,24-/m0/s1. The van der Waals surface area contributed by atoms with Crippen molar-refractivity contribution in [3.63, 3.8) is 0 Å². The fourth-order valence-corrected chi connectivity index (χ4v) is 6.89. The zero-order valence-electron chi connectivity index (χ0n) is 22.7. The number of hydrogen-bond acceptors (Lipinski definition) is 9. The van der Waals surface area contributed by atoms with E-state index in [2.05, 4.69) is 15.4 Å². The second-order valence-corrected chi connectivity index (χ2v) is 12.9. The van der Waals surface area contributed by atoms with Gasteiger partial charge < -0.3 is 15.4 Å². The van der Waals surface area contributed by atoms with Crippen LogP contribution in [-0.4, -0.2) is 44.7 Å². The second-order valence-electron chi connectivity index (χ2n) is 9.75. The Morgan fingerprint density at radius 3 is 2.36 bits per heavy atom. The van der Waals surface area contributed by atoms with Crippen molar-refractivity contribution >= 4 is 50.7 Å². The van der Waals surface area contributed by atoms with Crippen LogP contribution >= 0.6 is 22.7 Å². The molecule has 0 spiro atoms. The third-order valence-corrected chi connectivity index (χ3v) is 9.34. The predicted molar refractivity (Wildman–Crippen MR) is 163 cm³/mol. The number of alkyl carbamates (subject to hydrolysis) is 1. The van der Waals surface area contributed by atoms with Gasteiger partial charge in [0.15, 0.2) is 0 Å². The molecule has 1 fully saturated rings. The highest BCUT2D eigenvalue weighted by molar-refractivity contribution is 7.88. The highest BCUT2D eigenvalue weighted by Crippen LogP contribution is 2.31. The van der Waals surface area contributed by atoms with Crippen LogP contribution in [0.15, 0.2) is 77.5 Å². The molecule has 13 heteroatoms. The Morgan fingerprint density at radius 2 is 1.69 bits per heavy atom. The number of ether oxygens (including phenoxy) is 1. The van der Waals surface area contributed by atoms with Crippen LogP contribution in [0, 0.1) is 0 Å². The molecule has 3 N–H and O–H groups in total. The summed E-state index contributed by atoms with van der Waals surface area (Å²) < 4.78 is 36.6. The Bertz CT molecular complexity index is 1590. The van der Waals surface area contributed by atoms with Gasteiger partial charge in [-0.1, -0.05) is 48.5 Å². The molecule has 0 aliphatic heterocycles. The minimum absolute atomic E-state index is 0.247. The van der Waals surface area contributed by atoms with Gasteiger partial charge in [-0.2, -0.15) is 8.42 Å². The van der Waals surface area contributed by atoms with Gasteiger partial charge in [0.1, 0.15) is 11.0 Å². The molecule has 2 heterocycles. The first-order valence-corrected chi connectivity index (χ1v) is 16.4. The summed E-state index contributed by atoms with van der Waals surface area (Å²) in [4.78, 5) is 31.6. The Morgan fingerprint density at radius 1 is 0.952 bits per heavy atom. The van der Waals surface area contributed by atoms with Crippen molar-refractivity contribution in [2.75, 3.05) is 11.8 Å². The van der Waals surface area contributed by atoms with Gasteiger partial charge in [-0.3, -0.25) is 13.7 Å². The van der Waals surface area contributed by atoms with E-state index >= 15 is 0 Å². The zero-order chi connectivity index (χ0) is 29.5. The van der Waals surface area contributed by atoms with E-state index in [1.165, 1.54) is 18.4 Å². The predicted octanol–water partition coefficient (Wildman–Crippen LogP) is 5.07. The molecular formula is C29H30N4O6S3. The summed E-state index contributed by atoms with van der Waals surface area (Å²) >= 11 is 3.07. The van der Waals surface area contributed by atoms with Crippen molar-refractivity contribution < 1.29 is 26.9 Å². The van der Waals surface area contributed by atoms with E-state index in [4.69, 9.17) is 13.9 Å². The molecule has 1 unspecified atom stereocenters. The number of rotatable bonds is 13. The number of carbonyl (C=O) groups is 2. The van der Waals surface area contributed by atoms with Gasteiger partial charge in [0, 0.05) is 11.8 Å². The number of methoxy groups -OCH3 is 1. The highest BCUT2D eigenvalue weighted by atomic mass is 32.2. The van der Waals surface area contributed by atoms with Crippen LogP contribution in [0.1, 0.15) is 35.7 Å². The molecule has 10 nitrogen and oxygen atoms in total. The summed E-state index contributed by atoms with van der Waals surface area (Å²) in [7, 11) is -2.64. The molecule has 4 aromatic rings. The molecule has 5 rings (SSSR count). The maximum Gasteiger partial charge on any atom is 0.407 e. The average molecular weight is 627 g/mol. The molecular weight excluding hydrogens is 597 g/mol. The monoisotopic (exact) mass is 626 g/mol. The van der Waals surface area contributed by atoms with Crippen LogP contribution in [0.2, 0.25) is 0 Å². The molecule has 2 aromatic heterocycles. The van der Waals surface area contributed by atoms with Gasteiger partial charge in [-0.05, 0) is 54.0 Å². The van der Waals surface area contributed by atoms with Crippen LogP contribution in [0.3, 0.4) is 0 Å². The Labute approximate surface area is 252 Å². The SMILES string of the molecule is COC(=O)N[C@@H](Cc1ccccc1)C(=O)NC(Cc1ccc(NS(=O)(=O)OC2CC2)cc1)c1csc(-c2cccs2)n1. The molecule has 0 bridgehead atoms. The lowest BCUT2D eigenvalue weighted by Crippen LogP contribution is -2.49. The first-order valence-electron chi connectivity index (χ1n) is 13.3. The van der Waals surface area contributed by atoms with Crippen LogP contribution in [0.4, 0.5) is 10.5 Å². The molecule has 1 aliphatic rings. The topological polar surface area (TPSA) is 136 Å². The second kappa shape index (κ2) is 13.5. The van der Waals surface area contributed by atoms with Crippen molar-refractivity contribution in [1.82, 2.24) is 15.6 Å². The van der Waals surface area contributed by atoms with Gasteiger partial charge in [0.2, 0.25) is 5.91 Å². The maximum absolute atomic E-state index is 13.6. The maximum atomic E-state index is 13.6. The van der Waals surface area contributed by atoms with Crippen molar-refractivity contribution in [1.29, 1.82) is 0 Å². The molecule has 42 heavy (non-hydrogen) atoms. The van der Waals surface area contributed by atoms with Crippen LogP contribution < -0.4 is 15.4 Å². The minimum atomic E-state index is -3.89. The van der Waals surface area contributed by atoms with E-state index < -0.39 is 28.5 Å². The molecule has 1 saturated carbocycles. The lowest BCUT2D eigenvalue weighted by molar-refractivity contribution is -0.123. The van der Waals surface area contributed by atoms with E-state index in [9.17, 15) is 18.0 Å². The van der Waals surface area contributed by atoms with E-state index in [0.29, 0.717) is 17.8 Å². The third kappa shape index (κ3) is 8.38. The summed E-state index contributed by atoms with van der Waals surface area (Å²) in [5.74, 6) is -0.387. The van der Waals surface area contributed by atoms with Gasteiger partial charge in [-0.15, -0.1) is 22.7 Å². The lowest BCUT2D eigenvalue weighted by atomic mass is 10.0. The number of aromatic nitrogens is 1. The number of hydrogen-bond donors (Lipinski definition) is 3. The van der Waals surface area contributed by atoms with Gasteiger partial charge >= 0.3 is 16.4 Å². The summed E-state index contributed by atoms with van der Waals surface area (Å²) in [6, 6.07) is 18.8. The van der Waals surface area contributed by atoms with Crippen LogP contribution in [-0.2, 0) is 36.9 Å². The number of amides is 2. The van der Waals surface area contributed by atoms with Gasteiger partial charge in [0.25, 0.3) is 0 Å². The molecule has 2 atom stereocenters. The average Bonchev–Trinajstić information content (AvgIpc) is 3.39. The fraction of sp³-hybridized carbons (Fsp3) is 0.276. The van der Waals surface area contributed by atoms with Crippen LogP contribution in [0.25, 0.3) is 9.88 Å². The summed E-state index contributed by atoms with van der Waals surface area (Å²) in [6.45, 7) is 0. The Kier molecular flexibility index (Phi) is 9.52. The fourth-order valence-electron chi connectivity index (χ4n) is 4.18. The Hall–Kier alpha value is -3.78. The molecule has 220 valence electrons. The van der Waals surface area contributed by atoms with Crippen LogP contribution in [0.5, 0.6) is 0 Å². The van der Waals surface area contributed by atoms with Crippen molar-refractivity contribution in [2.24, 2.45) is 0 Å². The Balaban J connectivity index is 1.35. The number of thiazole rings is 1. The number of thiophene rings is 1. The first kappa shape index (κ1) is 29.7. The quantitative estimate of drug-likeness (QED) is 0.188. The normalized spacial score (nSPS) is 14.5. The van der Waals surface area contributed by atoms with E-state index in [-0.39, 0.29) is 18.4 Å². The van der Waals surface area contributed by atoms with Gasteiger partial charge in [0.05, 0.1) is 35.5 Å². The van der Waals surface area contributed by atoms with Gasteiger partial charge in [-0.25, -0.2) is 9.78 Å². The number of nitrogens with one attached hydrogen (secondary N) is 3. The number of nitrogens with zero attached hydrogens (tertiary/aromatic N) is 1. The van der Waals surface area contributed by atoms with E-state index in [1.54, 1.807) is 35.6 Å².